The summed E-state index contributed by atoms with van der Waals surface area (Å²) in [4.78, 5) is 2.45. The van der Waals surface area contributed by atoms with Crippen molar-refractivity contribution in [3.63, 3.8) is 0 Å². The van der Waals surface area contributed by atoms with Gasteiger partial charge in [0.15, 0.2) is 0 Å². The largest absolute Gasteiger partial charge is 0.380 e. The van der Waals surface area contributed by atoms with Crippen molar-refractivity contribution in [2.24, 2.45) is 0 Å². The van der Waals surface area contributed by atoms with Crippen molar-refractivity contribution in [1.29, 1.82) is 0 Å². The lowest BCUT2D eigenvalue weighted by molar-refractivity contribution is 0.122. The number of benzene rings is 1. The molecule has 0 radical (unpaired) electrons. The second-order valence-electron chi connectivity index (χ2n) is 5.10. The van der Waals surface area contributed by atoms with Gasteiger partial charge in [0.2, 0.25) is 0 Å². The van der Waals surface area contributed by atoms with E-state index in [1.54, 1.807) is 0 Å². The average molecular weight is 248 g/mol. The molecule has 1 N–H and O–H groups in total. The molecule has 1 aliphatic heterocycles. The molecule has 3 heteroatoms. The first-order valence-electron chi connectivity index (χ1n) is 6.76. The molecule has 1 saturated heterocycles. The number of nitrogens with one attached hydrogen (secondary N) is 1. The van der Waals surface area contributed by atoms with Crippen molar-refractivity contribution >= 4 is 0 Å². The van der Waals surface area contributed by atoms with Crippen LogP contribution in [0.4, 0.5) is 0 Å². The van der Waals surface area contributed by atoms with Crippen LogP contribution in [0.25, 0.3) is 0 Å². The normalized spacial score (nSPS) is 23.2. The van der Waals surface area contributed by atoms with Crippen LogP contribution < -0.4 is 5.32 Å². The minimum absolute atomic E-state index is 0.358. The number of rotatable bonds is 5. The first-order valence-corrected chi connectivity index (χ1v) is 6.76. The number of ether oxygens (including phenoxy) is 1. The summed E-state index contributed by atoms with van der Waals surface area (Å²) in [5, 5.41) is 3.44. The highest BCUT2D eigenvalue weighted by Crippen LogP contribution is 2.23. The molecular weight excluding hydrogens is 224 g/mol. The lowest BCUT2D eigenvalue weighted by Gasteiger charge is -2.35. The van der Waals surface area contributed by atoms with Crippen LogP contribution in [-0.2, 0) is 4.74 Å². The molecule has 2 rings (SSSR count). The van der Waals surface area contributed by atoms with Gasteiger partial charge in [-0.3, -0.25) is 4.90 Å². The highest BCUT2D eigenvalue weighted by molar-refractivity contribution is 5.20. The molecule has 1 aromatic carbocycles. The van der Waals surface area contributed by atoms with Gasteiger partial charge in [-0.1, -0.05) is 30.3 Å². The monoisotopic (exact) mass is 248 g/mol. The second-order valence-corrected chi connectivity index (χ2v) is 5.10. The molecule has 3 nitrogen and oxygen atoms in total. The van der Waals surface area contributed by atoms with Gasteiger partial charge in [-0.25, -0.2) is 0 Å². The fraction of sp³-hybridized carbons (Fsp3) is 0.600. The first kappa shape index (κ1) is 13.5. The second kappa shape index (κ2) is 6.32. The highest BCUT2D eigenvalue weighted by atomic mass is 16.5. The van der Waals surface area contributed by atoms with E-state index in [-0.39, 0.29) is 0 Å². The lowest BCUT2D eigenvalue weighted by atomic mass is 9.98. The molecule has 100 valence electrons. The van der Waals surface area contributed by atoms with E-state index in [1.807, 2.05) is 7.05 Å². The Morgan fingerprint density at radius 2 is 2.06 bits per heavy atom. The van der Waals surface area contributed by atoms with E-state index < -0.39 is 0 Å². The molecule has 1 aromatic rings. The zero-order valence-electron chi connectivity index (χ0n) is 11.6. The summed E-state index contributed by atoms with van der Waals surface area (Å²) in [5.74, 6) is 0. The number of hydrogen-bond donors (Lipinski definition) is 1. The maximum absolute atomic E-state index is 5.49. The van der Waals surface area contributed by atoms with E-state index in [0.29, 0.717) is 18.1 Å². The van der Waals surface area contributed by atoms with Crippen molar-refractivity contribution in [2.45, 2.75) is 31.5 Å². The SMILES string of the molecule is CNC(c1ccccc1)C(C)N(C)C1CCOC1. The minimum Gasteiger partial charge on any atom is -0.380 e. The molecule has 0 aromatic heterocycles. The van der Waals surface area contributed by atoms with E-state index in [9.17, 15) is 0 Å². The molecule has 0 aliphatic carbocycles. The van der Waals surface area contributed by atoms with Gasteiger partial charge >= 0.3 is 0 Å². The molecule has 0 spiro atoms. The Morgan fingerprint density at radius 1 is 1.33 bits per heavy atom. The summed E-state index contributed by atoms with van der Waals surface area (Å²) in [6, 6.07) is 12.0. The summed E-state index contributed by atoms with van der Waals surface area (Å²) in [6.45, 7) is 4.05. The molecule has 1 heterocycles. The Balaban J connectivity index is 2.07. The number of hydrogen-bond acceptors (Lipinski definition) is 3. The molecule has 18 heavy (non-hydrogen) atoms. The Morgan fingerprint density at radius 3 is 2.61 bits per heavy atom. The van der Waals surface area contributed by atoms with E-state index in [4.69, 9.17) is 4.74 Å². The van der Waals surface area contributed by atoms with Crippen molar-refractivity contribution < 1.29 is 4.74 Å². The smallest absolute Gasteiger partial charge is 0.0622 e. The fourth-order valence-electron chi connectivity index (χ4n) is 2.76. The summed E-state index contributed by atoms with van der Waals surface area (Å²) < 4.78 is 5.49. The molecular formula is C15H24N2O. The summed E-state index contributed by atoms with van der Waals surface area (Å²) in [6.07, 6.45) is 1.14. The van der Waals surface area contributed by atoms with Crippen LogP contribution in [0.1, 0.15) is 24.9 Å². The first-order chi connectivity index (χ1) is 8.74. The quantitative estimate of drug-likeness (QED) is 0.863. The van der Waals surface area contributed by atoms with E-state index in [1.165, 1.54) is 5.56 Å². The van der Waals surface area contributed by atoms with E-state index in [0.717, 1.165) is 19.6 Å². The molecule has 3 unspecified atom stereocenters. The third-order valence-corrected chi connectivity index (χ3v) is 4.08. The van der Waals surface area contributed by atoms with Gasteiger partial charge in [-0.15, -0.1) is 0 Å². The standard InChI is InChI=1S/C15H24N2O/c1-12(17(3)14-9-10-18-11-14)15(16-2)13-7-5-4-6-8-13/h4-8,12,14-16H,9-11H2,1-3H3. The third kappa shape index (κ3) is 2.91. The highest BCUT2D eigenvalue weighted by Gasteiger charge is 2.28. The van der Waals surface area contributed by atoms with Gasteiger partial charge in [0, 0.05) is 24.7 Å². The zero-order valence-corrected chi connectivity index (χ0v) is 11.6. The summed E-state index contributed by atoms with van der Waals surface area (Å²) >= 11 is 0. The summed E-state index contributed by atoms with van der Waals surface area (Å²) in [5.41, 5.74) is 1.35. The number of nitrogens with zero attached hydrogens (tertiary/aromatic N) is 1. The van der Waals surface area contributed by atoms with Crippen molar-refractivity contribution in [2.75, 3.05) is 27.3 Å². The Kier molecular flexibility index (Phi) is 4.75. The van der Waals surface area contributed by atoms with Gasteiger partial charge in [-0.05, 0) is 33.0 Å². The van der Waals surface area contributed by atoms with Gasteiger partial charge in [0.1, 0.15) is 0 Å². The van der Waals surface area contributed by atoms with Crippen molar-refractivity contribution in [3.05, 3.63) is 35.9 Å². The van der Waals surface area contributed by atoms with Crippen LogP contribution in [0.2, 0.25) is 0 Å². The predicted molar refractivity (Wildman–Crippen MR) is 74.7 cm³/mol. The van der Waals surface area contributed by atoms with Gasteiger partial charge in [0.25, 0.3) is 0 Å². The lowest BCUT2D eigenvalue weighted by Crippen LogP contribution is -2.45. The predicted octanol–water partition coefficient (Wildman–Crippen LogP) is 2.06. The minimum atomic E-state index is 0.358. The molecule has 0 saturated carbocycles. The Hall–Kier alpha value is -0.900. The van der Waals surface area contributed by atoms with Gasteiger partial charge in [0.05, 0.1) is 6.61 Å². The van der Waals surface area contributed by atoms with Crippen LogP contribution in [0.5, 0.6) is 0 Å². The molecule has 0 amide bonds. The molecule has 1 fully saturated rings. The van der Waals surface area contributed by atoms with Crippen LogP contribution in [0.15, 0.2) is 30.3 Å². The van der Waals surface area contributed by atoms with Crippen LogP contribution in [0.3, 0.4) is 0 Å². The van der Waals surface area contributed by atoms with Crippen LogP contribution in [-0.4, -0.2) is 44.3 Å². The van der Waals surface area contributed by atoms with Gasteiger partial charge < -0.3 is 10.1 Å². The number of likely N-dealkylation sites (N-methyl/N-ethyl adjacent to an activating group) is 2. The summed E-state index contributed by atoms with van der Waals surface area (Å²) in [7, 11) is 4.24. The van der Waals surface area contributed by atoms with Crippen molar-refractivity contribution in [3.8, 4) is 0 Å². The Labute approximate surface area is 110 Å². The topological polar surface area (TPSA) is 24.5 Å². The Bertz CT molecular complexity index is 349. The average Bonchev–Trinajstić information content (AvgIpc) is 2.94. The molecule has 3 atom stereocenters. The van der Waals surface area contributed by atoms with Crippen LogP contribution in [0, 0.1) is 0 Å². The maximum atomic E-state index is 5.49. The van der Waals surface area contributed by atoms with Crippen molar-refractivity contribution in [1.82, 2.24) is 10.2 Å². The van der Waals surface area contributed by atoms with E-state index >= 15 is 0 Å². The molecule has 1 aliphatic rings. The van der Waals surface area contributed by atoms with E-state index in [2.05, 4.69) is 54.5 Å². The van der Waals surface area contributed by atoms with Gasteiger partial charge in [-0.2, -0.15) is 0 Å². The zero-order chi connectivity index (χ0) is 13.0. The third-order valence-electron chi connectivity index (χ3n) is 4.08. The fourth-order valence-corrected chi connectivity index (χ4v) is 2.76. The maximum Gasteiger partial charge on any atom is 0.0622 e. The molecule has 0 bridgehead atoms. The van der Waals surface area contributed by atoms with Crippen LogP contribution >= 0.6 is 0 Å².